The number of nitrogens with one attached hydrogen (secondary N) is 2. The molecule has 0 saturated heterocycles. The van der Waals surface area contributed by atoms with Crippen LogP contribution in [0.5, 0.6) is 0 Å². The van der Waals surface area contributed by atoms with Crippen molar-refractivity contribution in [3.05, 3.63) is 28.7 Å². The zero-order chi connectivity index (χ0) is 12.7. The number of rotatable bonds is 6. The number of aliphatic hydroxyl groups excluding tert-OH is 2. The maximum absolute atomic E-state index is 11.5. The van der Waals surface area contributed by atoms with E-state index in [1.165, 1.54) is 0 Å². The van der Waals surface area contributed by atoms with Crippen molar-refractivity contribution < 1.29 is 15.0 Å². The number of benzene rings is 1. The van der Waals surface area contributed by atoms with Gasteiger partial charge in [-0.25, -0.2) is 0 Å². The molecular weight excluding hydrogens is 288 g/mol. The van der Waals surface area contributed by atoms with Crippen LogP contribution >= 0.6 is 15.9 Å². The molecule has 0 fully saturated rings. The van der Waals surface area contributed by atoms with Crippen LogP contribution < -0.4 is 10.6 Å². The van der Waals surface area contributed by atoms with E-state index in [9.17, 15) is 4.79 Å². The summed E-state index contributed by atoms with van der Waals surface area (Å²) >= 11 is 3.30. The maximum atomic E-state index is 11.5. The normalized spacial score (nSPS) is 10.6. The summed E-state index contributed by atoms with van der Waals surface area (Å²) in [5.74, 6) is -0.223. The van der Waals surface area contributed by atoms with E-state index in [0.29, 0.717) is 5.69 Å². The molecular formula is C11H15BrN2O3. The standard InChI is InChI=1S/C11H15BrN2O3/c12-8-1-3-9(4-2-8)14-11(17)5-13-10(6-15)7-16/h1-4,10,13,15-16H,5-7H2,(H,14,17). The fourth-order valence-corrected chi connectivity index (χ4v) is 1.43. The van der Waals surface area contributed by atoms with Gasteiger partial charge in [0.05, 0.1) is 25.8 Å². The first kappa shape index (κ1) is 14.1. The van der Waals surface area contributed by atoms with Gasteiger partial charge in [0.2, 0.25) is 5.91 Å². The number of carbonyl (C=O) groups is 1. The van der Waals surface area contributed by atoms with Crippen molar-refractivity contribution in [2.45, 2.75) is 6.04 Å². The van der Waals surface area contributed by atoms with Crippen LogP contribution in [-0.2, 0) is 4.79 Å². The Morgan fingerprint density at radius 3 is 2.35 bits per heavy atom. The van der Waals surface area contributed by atoms with Crippen molar-refractivity contribution in [3.63, 3.8) is 0 Å². The molecule has 0 aliphatic heterocycles. The van der Waals surface area contributed by atoms with Gasteiger partial charge >= 0.3 is 0 Å². The van der Waals surface area contributed by atoms with Gasteiger partial charge in [-0.05, 0) is 24.3 Å². The smallest absolute Gasteiger partial charge is 0.238 e. The third-order valence-electron chi connectivity index (χ3n) is 2.12. The summed E-state index contributed by atoms with van der Waals surface area (Å²) in [5.41, 5.74) is 0.699. The zero-order valence-electron chi connectivity index (χ0n) is 9.19. The highest BCUT2D eigenvalue weighted by molar-refractivity contribution is 9.10. The van der Waals surface area contributed by atoms with E-state index < -0.39 is 6.04 Å². The molecule has 1 amide bonds. The molecule has 0 radical (unpaired) electrons. The minimum absolute atomic E-state index is 0.0435. The summed E-state index contributed by atoms with van der Waals surface area (Å²) in [6.45, 7) is -0.369. The molecule has 0 unspecified atom stereocenters. The lowest BCUT2D eigenvalue weighted by Crippen LogP contribution is -2.40. The van der Waals surface area contributed by atoms with Gasteiger partial charge in [-0.3, -0.25) is 4.79 Å². The van der Waals surface area contributed by atoms with E-state index in [4.69, 9.17) is 10.2 Å². The summed E-state index contributed by atoms with van der Waals surface area (Å²) in [7, 11) is 0. The third kappa shape index (κ3) is 5.27. The van der Waals surface area contributed by atoms with Crippen LogP contribution in [0.2, 0.25) is 0 Å². The quantitative estimate of drug-likeness (QED) is 0.610. The topological polar surface area (TPSA) is 81.6 Å². The van der Waals surface area contributed by atoms with Crippen molar-refractivity contribution in [2.75, 3.05) is 25.1 Å². The first-order chi connectivity index (χ1) is 8.15. The number of hydrogen-bond donors (Lipinski definition) is 4. The van der Waals surface area contributed by atoms with Crippen LogP contribution in [0.3, 0.4) is 0 Å². The molecule has 0 aromatic heterocycles. The van der Waals surface area contributed by atoms with Gasteiger partial charge in [-0.1, -0.05) is 15.9 Å². The number of amides is 1. The molecule has 0 heterocycles. The minimum atomic E-state index is -0.467. The van der Waals surface area contributed by atoms with Crippen LogP contribution in [0.25, 0.3) is 0 Å². The van der Waals surface area contributed by atoms with Crippen LogP contribution in [-0.4, -0.2) is 41.9 Å². The summed E-state index contributed by atoms with van der Waals surface area (Å²) in [6.07, 6.45) is 0. The number of aliphatic hydroxyl groups is 2. The molecule has 1 aromatic carbocycles. The highest BCUT2D eigenvalue weighted by atomic mass is 79.9. The van der Waals surface area contributed by atoms with Crippen molar-refractivity contribution in [1.29, 1.82) is 0 Å². The lowest BCUT2D eigenvalue weighted by Gasteiger charge is -2.12. The Labute approximate surface area is 108 Å². The predicted octanol–water partition coefficient (Wildman–Crippen LogP) is 0.330. The monoisotopic (exact) mass is 302 g/mol. The van der Waals surface area contributed by atoms with Gasteiger partial charge in [-0.15, -0.1) is 0 Å². The summed E-state index contributed by atoms with van der Waals surface area (Å²) in [5, 5.41) is 23.0. The Bertz CT molecular complexity index is 352. The van der Waals surface area contributed by atoms with Crippen molar-refractivity contribution in [2.24, 2.45) is 0 Å². The van der Waals surface area contributed by atoms with Gasteiger partial charge in [0.15, 0.2) is 0 Å². The van der Waals surface area contributed by atoms with Crippen molar-refractivity contribution >= 4 is 27.5 Å². The van der Waals surface area contributed by atoms with Crippen LogP contribution in [0, 0.1) is 0 Å². The molecule has 0 spiro atoms. The summed E-state index contributed by atoms with van der Waals surface area (Å²) in [4.78, 5) is 11.5. The molecule has 0 bridgehead atoms. The Morgan fingerprint density at radius 1 is 1.24 bits per heavy atom. The van der Waals surface area contributed by atoms with Gasteiger partial charge in [0.25, 0.3) is 0 Å². The van der Waals surface area contributed by atoms with Crippen LogP contribution in [0.1, 0.15) is 0 Å². The second kappa shape index (κ2) is 7.39. The maximum Gasteiger partial charge on any atom is 0.238 e. The summed E-state index contributed by atoms with van der Waals surface area (Å²) in [6, 6.07) is 6.74. The number of anilines is 1. The Kier molecular flexibility index (Phi) is 6.13. The highest BCUT2D eigenvalue weighted by Gasteiger charge is 2.07. The average molecular weight is 303 g/mol. The van der Waals surface area contributed by atoms with Gasteiger partial charge in [0, 0.05) is 10.2 Å². The summed E-state index contributed by atoms with van der Waals surface area (Å²) < 4.78 is 0.939. The molecule has 5 nitrogen and oxygen atoms in total. The lowest BCUT2D eigenvalue weighted by atomic mass is 10.3. The SMILES string of the molecule is O=C(CNC(CO)CO)Nc1ccc(Br)cc1. The number of hydrogen-bond acceptors (Lipinski definition) is 4. The fourth-order valence-electron chi connectivity index (χ4n) is 1.16. The van der Waals surface area contributed by atoms with E-state index in [0.717, 1.165) is 4.47 Å². The molecule has 0 aliphatic carbocycles. The predicted molar refractivity (Wildman–Crippen MR) is 68.7 cm³/mol. The second-order valence-electron chi connectivity index (χ2n) is 3.50. The third-order valence-corrected chi connectivity index (χ3v) is 2.65. The molecule has 0 saturated carbocycles. The second-order valence-corrected chi connectivity index (χ2v) is 4.41. The van der Waals surface area contributed by atoms with Gasteiger partial charge in [-0.2, -0.15) is 0 Å². The van der Waals surface area contributed by atoms with Crippen molar-refractivity contribution in [1.82, 2.24) is 5.32 Å². The largest absolute Gasteiger partial charge is 0.395 e. The molecule has 0 atom stereocenters. The molecule has 94 valence electrons. The van der Waals surface area contributed by atoms with E-state index in [1.54, 1.807) is 12.1 Å². The van der Waals surface area contributed by atoms with E-state index >= 15 is 0 Å². The fraction of sp³-hybridized carbons (Fsp3) is 0.364. The van der Waals surface area contributed by atoms with E-state index in [2.05, 4.69) is 26.6 Å². The van der Waals surface area contributed by atoms with Gasteiger partial charge < -0.3 is 20.8 Å². The number of halogens is 1. The minimum Gasteiger partial charge on any atom is -0.395 e. The van der Waals surface area contributed by atoms with Crippen LogP contribution in [0.15, 0.2) is 28.7 Å². The first-order valence-corrected chi connectivity index (χ1v) is 5.95. The van der Waals surface area contributed by atoms with Gasteiger partial charge in [0.1, 0.15) is 0 Å². The Hall–Kier alpha value is -0.950. The highest BCUT2D eigenvalue weighted by Crippen LogP contribution is 2.13. The molecule has 17 heavy (non-hydrogen) atoms. The van der Waals surface area contributed by atoms with Crippen molar-refractivity contribution in [3.8, 4) is 0 Å². The molecule has 6 heteroatoms. The van der Waals surface area contributed by atoms with E-state index in [-0.39, 0.29) is 25.7 Å². The molecule has 1 aromatic rings. The Morgan fingerprint density at radius 2 is 1.82 bits per heavy atom. The van der Waals surface area contributed by atoms with E-state index in [1.807, 2.05) is 12.1 Å². The number of carbonyl (C=O) groups excluding carboxylic acids is 1. The molecule has 4 N–H and O–H groups in total. The van der Waals surface area contributed by atoms with Crippen LogP contribution in [0.4, 0.5) is 5.69 Å². The molecule has 0 aliphatic rings. The molecule has 1 rings (SSSR count). The average Bonchev–Trinajstić information content (AvgIpc) is 2.33. The zero-order valence-corrected chi connectivity index (χ0v) is 10.8. The Balaban J connectivity index is 2.37. The lowest BCUT2D eigenvalue weighted by molar-refractivity contribution is -0.115. The first-order valence-electron chi connectivity index (χ1n) is 5.16.